The first-order valence-corrected chi connectivity index (χ1v) is 14.0. The molecule has 0 saturated heterocycles. The third-order valence-corrected chi connectivity index (χ3v) is 6.98. The molecule has 1 unspecified atom stereocenters. The van der Waals surface area contributed by atoms with Crippen LogP contribution in [0, 0.1) is 12.8 Å². The lowest BCUT2D eigenvalue weighted by molar-refractivity contribution is -0.141. The highest BCUT2D eigenvalue weighted by Gasteiger charge is 2.29. The van der Waals surface area contributed by atoms with Gasteiger partial charge in [0.1, 0.15) is 6.04 Å². The summed E-state index contributed by atoms with van der Waals surface area (Å²) in [6, 6.07) is 16.3. The minimum Gasteiger partial charge on any atom is -0.354 e. The van der Waals surface area contributed by atoms with Gasteiger partial charge in [-0.15, -0.1) is 0 Å². The SMILES string of the molecule is CCC(C(=O)NCC(C)C)N(Cc1ccccc1)C(=O)CCCN(c1ccccc1C)S(C)(=O)=O. The van der Waals surface area contributed by atoms with Crippen molar-refractivity contribution in [2.24, 2.45) is 5.92 Å². The molecular formula is C27H39N3O4S. The maximum atomic E-state index is 13.4. The van der Waals surface area contributed by atoms with Gasteiger partial charge >= 0.3 is 0 Å². The van der Waals surface area contributed by atoms with Gasteiger partial charge in [-0.05, 0) is 42.9 Å². The van der Waals surface area contributed by atoms with E-state index >= 15 is 0 Å². The van der Waals surface area contributed by atoms with Crippen LogP contribution in [0.3, 0.4) is 0 Å². The number of sulfonamides is 1. The molecule has 0 aliphatic heterocycles. The summed E-state index contributed by atoms with van der Waals surface area (Å²) in [5.74, 6) is -0.0278. The third kappa shape index (κ3) is 8.69. The molecule has 2 rings (SSSR count). The second kappa shape index (κ2) is 13.3. The number of hydrogen-bond donors (Lipinski definition) is 1. The second-order valence-corrected chi connectivity index (χ2v) is 11.2. The fourth-order valence-corrected chi connectivity index (χ4v) is 4.97. The molecule has 0 spiro atoms. The van der Waals surface area contributed by atoms with Gasteiger partial charge in [0.25, 0.3) is 0 Å². The van der Waals surface area contributed by atoms with Crippen LogP contribution in [0.5, 0.6) is 0 Å². The number of nitrogens with one attached hydrogen (secondary N) is 1. The van der Waals surface area contributed by atoms with Crippen molar-refractivity contribution in [2.45, 2.75) is 59.5 Å². The molecule has 7 nitrogen and oxygen atoms in total. The van der Waals surface area contributed by atoms with Crippen LogP contribution in [0.1, 0.15) is 51.2 Å². The van der Waals surface area contributed by atoms with Gasteiger partial charge in [0, 0.05) is 26.1 Å². The minimum atomic E-state index is -3.51. The Balaban J connectivity index is 2.19. The Bertz CT molecular complexity index is 1070. The van der Waals surface area contributed by atoms with Crippen LogP contribution >= 0.6 is 0 Å². The van der Waals surface area contributed by atoms with Gasteiger partial charge in [0.2, 0.25) is 21.8 Å². The van der Waals surface area contributed by atoms with Gasteiger partial charge in [-0.2, -0.15) is 0 Å². The molecular weight excluding hydrogens is 462 g/mol. The molecule has 2 aromatic carbocycles. The Morgan fingerprint density at radius 1 is 1.00 bits per heavy atom. The number of amides is 2. The first-order valence-electron chi connectivity index (χ1n) is 12.2. The number of para-hydroxylation sites is 1. The smallest absolute Gasteiger partial charge is 0.242 e. The average Bonchev–Trinajstić information content (AvgIpc) is 2.80. The summed E-state index contributed by atoms with van der Waals surface area (Å²) in [5, 5.41) is 2.96. The number of rotatable bonds is 13. The zero-order valence-electron chi connectivity index (χ0n) is 21.5. The van der Waals surface area contributed by atoms with Gasteiger partial charge in [-0.3, -0.25) is 13.9 Å². The fourth-order valence-electron chi connectivity index (χ4n) is 3.95. The maximum Gasteiger partial charge on any atom is 0.242 e. The zero-order valence-corrected chi connectivity index (χ0v) is 22.3. The third-order valence-electron chi connectivity index (χ3n) is 5.80. The van der Waals surface area contributed by atoms with Crippen molar-refractivity contribution >= 4 is 27.5 Å². The Morgan fingerprint density at radius 2 is 1.63 bits per heavy atom. The molecule has 0 radical (unpaired) electrons. The van der Waals surface area contributed by atoms with Gasteiger partial charge < -0.3 is 10.2 Å². The van der Waals surface area contributed by atoms with E-state index in [1.165, 1.54) is 10.6 Å². The van der Waals surface area contributed by atoms with Gasteiger partial charge in [0.05, 0.1) is 11.9 Å². The summed E-state index contributed by atoms with van der Waals surface area (Å²) in [6.45, 7) is 8.86. The zero-order chi connectivity index (χ0) is 26.0. The highest BCUT2D eigenvalue weighted by atomic mass is 32.2. The molecule has 2 aromatic rings. The van der Waals surface area contributed by atoms with Crippen molar-refractivity contribution in [2.75, 3.05) is 23.7 Å². The molecule has 0 fully saturated rings. The molecule has 1 N–H and O–H groups in total. The standard InChI is InChI=1S/C27H39N3O4S/c1-6-24(27(32)28-19-21(2)3)29(20-23-14-8-7-9-15-23)26(31)17-12-18-30(35(5,33)34)25-16-11-10-13-22(25)4/h7-11,13-16,21,24H,6,12,17-20H2,1-5H3,(H,28,32). The van der Waals surface area contributed by atoms with Crippen molar-refractivity contribution in [3.05, 3.63) is 65.7 Å². The highest BCUT2D eigenvalue weighted by molar-refractivity contribution is 7.92. The summed E-state index contributed by atoms with van der Waals surface area (Å²) in [7, 11) is -3.51. The first-order chi connectivity index (χ1) is 16.5. The van der Waals surface area contributed by atoms with Crippen molar-refractivity contribution in [3.63, 3.8) is 0 Å². The molecule has 0 bridgehead atoms. The minimum absolute atomic E-state index is 0.138. The van der Waals surface area contributed by atoms with Crippen molar-refractivity contribution in [1.82, 2.24) is 10.2 Å². The number of aryl methyl sites for hydroxylation is 1. The monoisotopic (exact) mass is 501 g/mol. The molecule has 0 aromatic heterocycles. The summed E-state index contributed by atoms with van der Waals surface area (Å²) in [6.07, 6.45) is 2.14. The van der Waals surface area contributed by atoms with Crippen LogP contribution in [0.4, 0.5) is 5.69 Å². The van der Waals surface area contributed by atoms with Crippen LogP contribution in [0.25, 0.3) is 0 Å². The van der Waals surface area contributed by atoms with Crippen LogP contribution in [0.15, 0.2) is 54.6 Å². The number of anilines is 1. The number of carbonyl (C=O) groups excluding carboxylic acids is 2. The molecule has 1 atom stereocenters. The average molecular weight is 502 g/mol. The van der Waals surface area contributed by atoms with E-state index in [2.05, 4.69) is 5.32 Å². The molecule has 0 aliphatic carbocycles. The summed E-state index contributed by atoms with van der Waals surface area (Å²) < 4.78 is 26.3. The van der Waals surface area contributed by atoms with E-state index in [-0.39, 0.29) is 24.8 Å². The predicted molar refractivity (Wildman–Crippen MR) is 142 cm³/mol. The molecule has 0 saturated carbocycles. The van der Waals surface area contributed by atoms with Crippen LogP contribution < -0.4 is 9.62 Å². The van der Waals surface area contributed by atoms with Crippen molar-refractivity contribution < 1.29 is 18.0 Å². The lowest BCUT2D eigenvalue weighted by atomic mass is 10.1. The van der Waals surface area contributed by atoms with Crippen molar-refractivity contribution in [3.8, 4) is 0 Å². The summed E-state index contributed by atoms with van der Waals surface area (Å²) in [5.41, 5.74) is 2.40. The second-order valence-electron chi connectivity index (χ2n) is 9.30. The molecule has 2 amide bonds. The summed E-state index contributed by atoms with van der Waals surface area (Å²) >= 11 is 0. The Morgan fingerprint density at radius 3 is 2.20 bits per heavy atom. The van der Waals surface area contributed by atoms with E-state index in [1.807, 2.05) is 70.2 Å². The Labute approximate surface area is 210 Å². The topological polar surface area (TPSA) is 86.8 Å². The largest absolute Gasteiger partial charge is 0.354 e. The number of benzene rings is 2. The lowest BCUT2D eigenvalue weighted by Crippen LogP contribution is -2.49. The molecule has 0 heterocycles. The maximum absolute atomic E-state index is 13.4. The molecule has 192 valence electrons. The van der Waals surface area contributed by atoms with Crippen LogP contribution in [-0.4, -0.2) is 50.5 Å². The van der Waals surface area contributed by atoms with E-state index < -0.39 is 16.1 Å². The fraction of sp³-hybridized carbons (Fsp3) is 0.481. The highest BCUT2D eigenvalue weighted by Crippen LogP contribution is 2.23. The predicted octanol–water partition coefficient (Wildman–Crippen LogP) is 4.12. The lowest BCUT2D eigenvalue weighted by Gasteiger charge is -2.31. The van der Waals surface area contributed by atoms with Gasteiger partial charge in [-0.25, -0.2) is 8.42 Å². The molecule has 8 heteroatoms. The van der Waals surface area contributed by atoms with Crippen LogP contribution in [-0.2, 0) is 26.2 Å². The molecule has 0 aliphatic rings. The Kier molecular flexibility index (Phi) is 10.8. The van der Waals surface area contributed by atoms with E-state index in [0.717, 1.165) is 11.1 Å². The summed E-state index contributed by atoms with van der Waals surface area (Å²) in [4.78, 5) is 28.0. The molecule has 35 heavy (non-hydrogen) atoms. The Hall–Kier alpha value is -2.87. The quantitative estimate of drug-likeness (QED) is 0.447. The number of carbonyl (C=O) groups is 2. The van der Waals surface area contributed by atoms with E-state index in [4.69, 9.17) is 0 Å². The van der Waals surface area contributed by atoms with E-state index in [0.29, 0.717) is 37.5 Å². The van der Waals surface area contributed by atoms with Crippen molar-refractivity contribution in [1.29, 1.82) is 0 Å². The van der Waals surface area contributed by atoms with E-state index in [9.17, 15) is 18.0 Å². The van der Waals surface area contributed by atoms with E-state index in [1.54, 1.807) is 17.0 Å². The number of hydrogen-bond acceptors (Lipinski definition) is 4. The van der Waals surface area contributed by atoms with Gasteiger partial charge in [0.15, 0.2) is 0 Å². The first kappa shape index (κ1) is 28.4. The number of nitrogens with zero attached hydrogens (tertiary/aromatic N) is 2. The van der Waals surface area contributed by atoms with Crippen LogP contribution in [0.2, 0.25) is 0 Å². The van der Waals surface area contributed by atoms with Gasteiger partial charge in [-0.1, -0.05) is 69.3 Å². The normalized spacial score (nSPS) is 12.3.